The van der Waals surface area contributed by atoms with Crippen LogP contribution in [0.15, 0.2) is 35.4 Å². The Kier molecular flexibility index (Phi) is 7.54. The van der Waals surface area contributed by atoms with Crippen LogP contribution in [0.3, 0.4) is 0 Å². The molecule has 0 aliphatic heterocycles. The summed E-state index contributed by atoms with van der Waals surface area (Å²) in [5.41, 5.74) is 6.58. The largest absolute Gasteiger partial charge is 0.307 e. The molecule has 0 saturated carbocycles. The lowest BCUT2D eigenvalue weighted by atomic mass is 9.74. The predicted molar refractivity (Wildman–Crippen MR) is 171 cm³/mol. The number of nitrogens with zero attached hydrogens (tertiary/aromatic N) is 5. The number of allylic oxidation sites excluding steroid dienone is 2. The number of benzene rings is 1. The molecule has 5 nitrogen and oxygen atoms in total. The minimum absolute atomic E-state index is 0.0451. The Morgan fingerprint density at radius 1 is 0.610 bits per heavy atom. The quantitative estimate of drug-likeness (QED) is 0.227. The van der Waals surface area contributed by atoms with Crippen molar-refractivity contribution in [2.45, 2.75) is 78.6 Å². The Morgan fingerprint density at radius 3 is 1.27 bits per heavy atom. The Balaban J connectivity index is 2.26. The van der Waals surface area contributed by atoms with E-state index in [1.54, 1.807) is 12.2 Å². The van der Waals surface area contributed by atoms with Crippen LogP contribution in [0.2, 0.25) is 0 Å². The standard InChI is InChI=1S/C34H33N5S2/c1-32(2,3)22-12-25(33(4,5)6)29(26(13-22)34(7,8)9)39-27-14-23(10-20(16-35)17-36)40-30(27)31-28(39)15-24(41-31)11-21(18-37)19-38/h10-15H,1-9H3. The topological polar surface area (TPSA) is 100 Å². The molecule has 7 heteroatoms. The van der Waals surface area contributed by atoms with Gasteiger partial charge in [-0.1, -0.05) is 74.4 Å². The van der Waals surface area contributed by atoms with Crippen molar-refractivity contribution < 1.29 is 0 Å². The van der Waals surface area contributed by atoms with E-state index in [4.69, 9.17) is 0 Å². The van der Waals surface area contributed by atoms with Crippen molar-refractivity contribution in [3.05, 3.63) is 61.9 Å². The summed E-state index contributed by atoms with van der Waals surface area (Å²) in [5.74, 6) is 0. The summed E-state index contributed by atoms with van der Waals surface area (Å²) in [6.07, 6.45) is 3.27. The van der Waals surface area contributed by atoms with Crippen LogP contribution in [0, 0.1) is 45.3 Å². The summed E-state index contributed by atoms with van der Waals surface area (Å²) >= 11 is 3.08. The van der Waals surface area contributed by atoms with E-state index in [2.05, 4.69) is 91.1 Å². The normalized spacial score (nSPS) is 11.9. The number of nitriles is 4. The highest BCUT2D eigenvalue weighted by molar-refractivity contribution is 7.28. The van der Waals surface area contributed by atoms with Crippen molar-refractivity contribution in [1.82, 2.24) is 4.57 Å². The molecule has 0 fully saturated rings. The fraction of sp³-hybridized carbons (Fsp3) is 0.353. The van der Waals surface area contributed by atoms with E-state index in [-0.39, 0.29) is 27.4 Å². The maximum atomic E-state index is 9.40. The molecule has 41 heavy (non-hydrogen) atoms. The maximum Gasteiger partial charge on any atom is 0.131 e. The van der Waals surface area contributed by atoms with Gasteiger partial charge in [-0.25, -0.2) is 0 Å². The number of aromatic nitrogens is 1. The van der Waals surface area contributed by atoms with Gasteiger partial charge in [-0.2, -0.15) is 21.0 Å². The first-order chi connectivity index (χ1) is 19.0. The Hall–Kier alpha value is -4.14. The molecule has 4 rings (SSSR count). The summed E-state index contributed by atoms with van der Waals surface area (Å²) in [6.45, 7) is 20.2. The molecule has 0 amide bonds. The predicted octanol–water partition coefficient (Wildman–Crippen LogP) is 9.66. The molecule has 0 atom stereocenters. The second-order valence-corrected chi connectivity index (χ2v) is 15.5. The van der Waals surface area contributed by atoms with Gasteiger partial charge in [0.1, 0.15) is 35.4 Å². The average molecular weight is 576 g/mol. The highest BCUT2D eigenvalue weighted by Crippen LogP contribution is 2.47. The lowest BCUT2D eigenvalue weighted by molar-refractivity contribution is 0.545. The van der Waals surface area contributed by atoms with Crippen LogP contribution in [0.5, 0.6) is 0 Å². The molecule has 3 aromatic heterocycles. The van der Waals surface area contributed by atoms with Gasteiger partial charge < -0.3 is 4.57 Å². The third-order valence-electron chi connectivity index (χ3n) is 7.02. The maximum absolute atomic E-state index is 9.40. The zero-order chi connectivity index (χ0) is 30.5. The van der Waals surface area contributed by atoms with Crippen molar-refractivity contribution in [2.75, 3.05) is 0 Å². The Morgan fingerprint density at radius 2 is 0.976 bits per heavy atom. The second kappa shape index (κ2) is 10.4. The third-order valence-corrected chi connectivity index (χ3v) is 9.33. The van der Waals surface area contributed by atoms with E-state index in [9.17, 15) is 21.0 Å². The van der Waals surface area contributed by atoms with Crippen molar-refractivity contribution in [1.29, 1.82) is 21.0 Å². The van der Waals surface area contributed by atoms with Crippen LogP contribution in [0.25, 0.3) is 38.3 Å². The monoisotopic (exact) mass is 575 g/mol. The van der Waals surface area contributed by atoms with Gasteiger partial charge in [0.2, 0.25) is 0 Å². The first-order valence-electron chi connectivity index (χ1n) is 13.3. The van der Waals surface area contributed by atoms with E-state index < -0.39 is 0 Å². The summed E-state index contributed by atoms with van der Waals surface area (Å²) in [7, 11) is 0. The third kappa shape index (κ3) is 5.58. The van der Waals surface area contributed by atoms with Gasteiger partial charge in [0.15, 0.2) is 0 Å². The van der Waals surface area contributed by atoms with Gasteiger partial charge in [-0.15, -0.1) is 22.7 Å². The molecule has 0 bridgehead atoms. The van der Waals surface area contributed by atoms with Crippen LogP contribution >= 0.6 is 22.7 Å². The van der Waals surface area contributed by atoms with Gasteiger partial charge in [0.25, 0.3) is 0 Å². The van der Waals surface area contributed by atoms with E-state index in [0.717, 1.165) is 35.9 Å². The number of hydrogen-bond donors (Lipinski definition) is 0. The molecule has 0 aliphatic rings. The number of fused-ring (bicyclic) bond motifs is 3. The molecule has 0 aliphatic carbocycles. The highest BCUT2D eigenvalue weighted by Gasteiger charge is 2.32. The second-order valence-electron chi connectivity index (χ2n) is 13.3. The fourth-order valence-electron chi connectivity index (χ4n) is 4.89. The van der Waals surface area contributed by atoms with Gasteiger partial charge in [0.05, 0.1) is 26.1 Å². The SMILES string of the molecule is CC(C)(C)c1cc(C(C)(C)C)c(-n2c3cc(C=C(C#N)C#N)sc3c3sc(C=C(C#N)C#N)cc32)c(C(C)(C)C)c1. The lowest BCUT2D eigenvalue weighted by Gasteiger charge is -2.34. The van der Waals surface area contributed by atoms with Crippen molar-refractivity contribution >= 4 is 55.3 Å². The molecular weight excluding hydrogens is 543 g/mol. The van der Waals surface area contributed by atoms with Crippen molar-refractivity contribution in [3.8, 4) is 30.0 Å². The van der Waals surface area contributed by atoms with Crippen LogP contribution in [-0.2, 0) is 16.2 Å². The van der Waals surface area contributed by atoms with E-state index in [1.807, 2.05) is 24.3 Å². The van der Waals surface area contributed by atoms with E-state index >= 15 is 0 Å². The number of hydrogen-bond acceptors (Lipinski definition) is 6. The summed E-state index contributed by atoms with van der Waals surface area (Å²) in [4.78, 5) is 1.65. The van der Waals surface area contributed by atoms with Gasteiger partial charge in [-0.3, -0.25) is 0 Å². The molecule has 0 spiro atoms. The Labute approximate surface area is 250 Å². The molecule has 3 heterocycles. The van der Waals surface area contributed by atoms with Crippen LogP contribution < -0.4 is 0 Å². The number of rotatable bonds is 3. The average Bonchev–Trinajstić information content (AvgIpc) is 3.53. The first kappa shape index (κ1) is 29.8. The zero-order valence-electron chi connectivity index (χ0n) is 25.0. The van der Waals surface area contributed by atoms with Crippen LogP contribution in [0.4, 0.5) is 0 Å². The van der Waals surface area contributed by atoms with E-state index in [1.165, 1.54) is 39.4 Å². The molecule has 0 unspecified atom stereocenters. The summed E-state index contributed by atoms with van der Waals surface area (Å²) in [5, 5.41) is 37.6. The van der Waals surface area contributed by atoms with Gasteiger partial charge in [-0.05, 0) is 57.2 Å². The smallest absolute Gasteiger partial charge is 0.131 e. The summed E-state index contributed by atoms with van der Waals surface area (Å²) < 4.78 is 4.40. The van der Waals surface area contributed by atoms with Crippen molar-refractivity contribution in [2.24, 2.45) is 0 Å². The fourth-order valence-corrected chi connectivity index (χ4v) is 7.21. The lowest BCUT2D eigenvalue weighted by Crippen LogP contribution is -2.24. The summed E-state index contributed by atoms with van der Waals surface area (Å²) in [6, 6.07) is 16.7. The molecule has 4 aromatic rings. The first-order valence-corrected chi connectivity index (χ1v) is 15.0. The van der Waals surface area contributed by atoms with Gasteiger partial charge in [0, 0.05) is 9.75 Å². The molecule has 0 radical (unpaired) electrons. The molecule has 0 N–H and O–H groups in total. The molecule has 206 valence electrons. The molecular formula is C34H33N5S2. The minimum atomic E-state index is -0.180. The zero-order valence-corrected chi connectivity index (χ0v) is 26.6. The van der Waals surface area contributed by atoms with Crippen molar-refractivity contribution in [3.63, 3.8) is 0 Å². The Bertz CT molecular complexity index is 1760. The highest BCUT2D eigenvalue weighted by atomic mass is 32.1. The van der Waals surface area contributed by atoms with Crippen LogP contribution in [-0.4, -0.2) is 4.57 Å². The number of thiophene rings is 2. The van der Waals surface area contributed by atoms with Gasteiger partial charge >= 0.3 is 0 Å². The minimum Gasteiger partial charge on any atom is -0.307 e. The van der Waals surface area contributed by atoms with E-state index in [0.29, 0.717) is 0 Å². The molecule has 0 saturated heterocycles. The van der Waals surface area contributed by atoms with Crippen LogP contribution in [0.1, 0.15) is 88.8 Å². The molecule has 1 aromatic carbocycles.